The molecule has 98 valence electrons. The number of phenols is 1. The van der Waals surface area contributed by atoms with Gasteiger partial charge >= 0.3 is 5.97 Å². The van der Waals surface area contributed by atoms with Crippen LogP contribution in [0.15, 0.2) is 24.3 Å². The number of nitrogens with zero attached hydrogens (tertiary/aromatic N) is 1. The van der Waals surface area contributed by atoms with Crippen molar-refractivity contribution in [1.29, 1.82) is 0 Å². The Morgan fingerprint density at radius 2 is 1.89 bits per heavy atom. The summed E-state index contributed by atoms with van der Waals surface area (Å²) >= 11 is 0. The van der Waals surface area contributed by atoms with Crippen molar-refractivity contribution in [2.75, 3.05) is 20.2 Å². The Labute approximate surface area is 104 Å². The molecule has 0 unspecified atom stereocenters. The van der Waals surface area contributed by atoms with Crippen molar-refractivity contribution in [2.45, 2.75) is 6.42 Å². The zero-order valence-corrected chi connectivity index (χ0v) is 10.00. The first-order valence-electron chi connectivity index (χ1n) is 5.36. The number of ether oxygens (including phenoxy) is 1. The summed E-state index contributed by atoms with van der Waals surface area (Å²) in [5.74, 6) is -0.668. The second-order valence-corrected chi connectivity index (χ2v) is 3.74. The largest absolute Gasteiger partial charge is 0.508 e. The van der Waals surface area contributed by atoms with Crippen molar-refractivity contribution in [3.63, 3.8) is 0 Å². The SMILES string of the molecule is CN(CCC(=O)O)C(=O)COc1ccc(O)cc1. The second kappa shape index (κ2) is 6.48. The van der Waals surface area contributed by atoms with Gasteiger partial charge in [0.15, 0.2) is 6.61 Å². The lowest BCUT2D eigenvalue weighted by atomic mass is 10.3. The molecule has 0 bridgehead atoms. The molecule has 0 spiro atoms. The number of carbonyl (C=O) groups excluding carboxylic acids is 1. The van der Waals surface area contributed by atoms with E-state index in [1.807, 2.05) is 0 Å². The average Bonchev–Trinajstić information content (AvgIpc) is 2.34. The molecule has 6 nitrogen and oxygen atoms in total. The highest BCUT2D eigenvalue weighted by atomic mass is 16.5. The van der Waals surface area contributed by atoms with E-state index in [1.54, 1.807) is 12.1 Å². The highest BCUT2D eigenvalue weighted by Gasteiger charge is 2.10. The average molecular weight is 253 g/mol. The lowest BCUT2D eigenvalue weighted by Crippen LogP contribution is -2.33. The highest BCUT2D eigenvalue weighted by Crippen LogP contribution is 2.15. The van der Waals surface area contributed by atoms with E-state index in [2.05, 4.69) is 0 Å². The van der Waals surface area contributed by atoms with E-state index in [9.17, 15) is 9.59 Å². The molecule has 1 rings (SSSR count). The fraction of sp³-hybridized carbons (Fsp3) is 0.333. The molecule has 0 aliphatic carbocycles. The van der Waals surface area contributed by atoms with Gasteiger partial charge in [-0.2, -0.15) is 0 Å². The number of carbonyl (C=O) groups is 2. The molecular formula is C12H15NO5. The lowest BCUT2D eigenvalue weighted by Gasteiger charge is -2.16. The number of aliphatic carboxylic acids is 1. The minimum absolute atomic E-state index is 0.0958. The summed E-state index contributed by atoms with van der Waals surface area (Å²) in [5.41, 5.74) is 0. The van der Waals surface area contributed by atoms with Crippen LogP contribution in [0.4, 0.5) is 0 Å². The minimum atomic E-state index is -0.950. The Balaban J connectivity index is 2.36. The van der Waals surface area contributed by atoms with E-state index in [4.69, 9.17) is 14.9 Å². The van der Waals surface area contributed by atoms with Gasteiger partial charge in [-0.15, -0.1) is 0 Å². The number of carboxylic acids is 1. The summed E-state index contributed by atoms with van der Waals surface area (Å²) in [7, 11) is 1.52. The van der Waals surface area contributed by atoms with E-state index < -0.39 is 5.97 Å². The van der Waals surface area contributed by atoms with Gasteiger partial charge in [-0.05, 0) is 24.3 Å². The fourth-order valence-corrected chi connectivity index (χ4v) is 1.19. The Morgan fingerprint density at radius 1 is 1.28 bits per heavy atom. The van der Waals surface area contributed by atoms with Gasteiger partial charge in [0.25, 0.3) is 5.91 Å². The fourth-order valence-electron chi connectivity index (χ4n) is 1.19. The molecule has 1 amide bonds. The first-order chi connectivity index (χ1) is 8.49. The topological polar surface area (TPSA) is 87.1 Å². The van der Waals surface area contributed by atoms with Crippen LogP contribution in [0.3, 0.4) is 0 Å². The van der Waals surface area contributed by atoms with Crippen LogP contribution in [0.2, 0.25) is 0 Å². The molecule has 0 heterocycles. The number of amides is 1. The molecule has 0 aliphatic rings. The molecule has 0 saturated carbocycles. The number of rotatable bonds is 6. The Bertz CT molecular complexity index is 415. The van der Waals surface area contributed by atoms with Gasteiger partial charge in [0.05, 0.1) is 6.42 Å². The predicted octanol–water partition coefficient (Wildman–Crippen LogP) is 0.704. The first-order valence-corrected chi connectivity index (χ1v) is 5.36. The smallest absolute Gasteiger partial charge is 0.305 e. The number of aromatic hydroxyl groups is 1. The number of hydrogen-bond acceptors (Lipinski definition) is 4. The number of carboxylic acid groups (broad SMARTS) is 1. The maximum absolute atomic E-state index is 11.6. The highest BCUT2D eigenvalue weighted by molar-refractivity contribution is 5.78. The molecule has 0 radical (unpaired) electrons. The van der Waals surface area contributed by atoms with Gasteiger partial charge in [0, 0.05) is 13.6 Å². The number of phenolic OH excluding ortho intramolecular Hbond substituents is 1. The zero-order chi connectivity index (χ0) is 13.5. The van der Waals surface area contributed by atoms with Crippen LogP contribution < -0.4 is 4.74 Å². The van der Waals surface area contributed by atoms with E-state index in [-0.39, 0.29) is 31.2 Å². The minimum Gasteiger partial charge on any atom is -0.508 e. The Morgan fingerprint density at radius 3 is 2.44 bits per heavy atom. The van der Waals surface area contributed by atoms with Crippen molar-refractivity contribution in [3.05, 3.63) is 24.3 Å². The first kappa shape index (κ1) is 13.8. The van der Waals surface area contributed by atoms with Crippen LogP contribution in [-0.4, -0.2) is 47.2 Å². The molecule has 0 atom stereocenters. The third kappa shape index (κ3) is 4.73. The van der Waals surface area contributed by atoms with Crippen molar-refractivity contribution in [2.24, 2.45) is 0 Å². The van der Waals surface area contributed by atoms with Crippen LogP contribution >= 0.6 is 0 Å². The summed E-state index contributed by atoms with van der Waals surface area (Å²) in [5, 5.41) is 17.5. The van der Waals surface area contributed by atoms with Crippen molar-refractivity contribution in [3.8, 4) is 11.5 Å². The summed E-state index contributed by atoms with van der Waals surface area (Å²) in [6.45, 7) is -0.0198. The molecule has 0 saturated heterocycles. The predicted molar refractivity (Wildman–Crippen MR) is 63.5 cm³/mol. The van der Waals surface area contributed by atoms with Gasteiger partial charge in [-0.3, -0.25) is 9.59 Å². The number of likely N-dealkylation sites (N-methyl/N-ethyl adjacent to an activating group) is 1. The van der Waals surface area contributed by atoms with Crippen LogP contribution in [0.5, 0.6) is 11.5 Å². The molecule has 0 aromatic heterocycles. The summed E-state index contributed by atoms with van der Waals surface area (Å²) in [4.78, 5) is 23.2. The molecule has 2 N–H and O–H groups in total. The second-order valence-electron chi connectivity index (χ2n) is 3.74. The normalized spacial score (nSPS) is 9.83. The van der Waals surface area contributed by atoms with Crippen LogP contribution in [0.1, 0.15) is 6.42 Å². The molecule has 0 aliphatic heterocycles. The molecule has 1 aromatic carbocycles. The molecule has 0 fully saturated rings. The molecule has 18 heavy (non-hydrogen) atoms. The molecular weight excluding hydrogens is 238 g/mol. The Kier molecular flexibility index (Phi) is 4.98. The van der Waals surface area contributed by atoms with Crippen LogP contribution in [0, 0.1) is 0 Å². The van der Waals surface area contributed by atoms with Gasteiger partial charge in [0.2, 0.25) is 0 Å². The van der Waals surface area contributed by atoms with Gasteiger partial charge in [-0.25, -0.2) is 0 Å². The summed E-state index contributed by atoms with van der Waals surface area (Å²) < 4.78 is 5.20. The maximum Gasteiger partial charge on any atom is 0.305 e. The van der Waals surface area contributed by atoms with Gasteiger partial charge < -0.3 is 19.8 Å². The van der Waals surface area contributed by atoms with Crippen molar-refractivity contribution < 1.29 is 24.5 Å². The monoisotopic (exact) mass is 253 g/mol. The van der Waals surface area contributed by atoms with Crippen molar-refractivity contribution in [1.82, 2.24) is 4.90 Å². The summed E-state index contributed by atoms with van der Waals surface area (Å²) in [6, 6.07) is 5.99. The van der Waals surface area contributed by atoms with Crippen molar-refractivity contribution >= 4 is 11.9 Å². The van der Waals surface area contributed by atoms with Crippen LogP contribution in [-0.2, 0) is 9.59 Å². The lowest BCUT2D eigenvalue weighted by molar-refractivity contribution is -0.138. The van der Waals surface area contributed by atoms with E-state index in [1.165, 1.54) is 24.1 Å². The third-order valence-electron chi connectivity index (χ3n) is 2.29. The Hall–Kier alpha value is -2.24. The van der Waals surface area contributed by atoms with Crippen LogP contribution in [0.25, 0.3) is 0 Å². The van der Waals surface area contributed by atoms with Gasteiger partial charge in [-0.1, -0.05) is 0 Å². The van der Waals surface area contributed by atoms with E-state index >= 15 is 0 Å². The third-order valence-corrected chi connectivity index (χ3v) is 2.29. The standard InChI is InChI=1S/C12H15NO5/c1-13(7-6-12(16)17)11(15)8-18-10-4-2-9(14)3-5-10/h2-5,14H,6-8H2,1H3,(H,16,17). The summed E-state index contributed by atoms with van der Waals surface area (Å²) in [6.07, 6.45) is -0.0958. The number of hydrogen-bond donors (Lipinski definition) is 2. The van der Waals surface area contributed by atoms with E-state index in [0.29, 0.717) is 5.75 Å². The van der Waals surface area contributed by atoms with Gasteiger partial charge in [0.1, 0.15) is 11.5 Å². The molecule has 6 heteroatoms. The number of benzene rings is 1. The maximum atomic E-state index is 11.6. The zero-order valence-electron chi connectivity index (χ0n) is 10.00. The quantitative estimate of drug-likeness (QED) is 0.779. The van der Waals surface area contributed by atoms with E-state index in [0.717, 1.165) is 0 Å². The molecule has 1 aromatic rings.